The number of rotatable bonds is 7. The smallest absolute Gasteiger partial charge is 0.187 e. The van der Waals surface area contributed by atoms with E-state index in [-0.39, 0.29) is 12.1 Å². The summed E-state index contributed by atoms with van der Waals surface area (Å²) in [6.45, 7) is 1.87. The van der Waals surface area contributed by atoms with Crippen LogP contribution in [0.4, 0.5) is 4.39 Å². The Morgan fingerprint density at radius 3 is 2.85 bits per heavy atom. The standard InChI is InChI=1S/C24H24FN5O2S/c1-33-24-26-10-9-20(27-24)19-14-17-15-30(11-13-32-21-4-2-3-12-31-21)29-23(17)28-22(19)16-5-7-18(25)8-6-16/h5-10,14-15,21H,2-4,11-13H2,1H3. The molecule has 0 saturated carbocycles. The largest absolute Gasteiger partial charge is 0.353 e. The molecule has 0 N–H and O–H groups in total. The molecule has 1 saturated heterocycles. The number of halogens is 1. The molecule has 1 aliphatic heterocycles. The molecule has 33 heavy (non-hydrogen) atoms. The van der Waals surface area contributed by atoms with Gasteiger partial charge < -0.3 is 9.47 Å². The number of aromatic nitrogens is 5. The van der Waals surface area contributed by atoms with Gasteiger partial charge in [-0.3, -0.25) is 4.68 Å². The van der Waals surface area contributed by atoms with Crippen LogP contribution >= 0.6 is 11.8 Å². The van der Waals surface area contributed by atoms with E-state index in [9.17, 15) is 4.39 Å². The van der Waals surface area contributed by atoms with Gasteiger partial charge in [-0.1, -0.05) is 11.8 Å². The summed E-state index contributed by atoms with van der Waals surface area (Å²) in [4.78, 5) is 13.8. The molecule has 170 valence electrons. The first-order valence-electron chi connectivity index (χ1n) is 10.9. The summed E-state index contributed by atoms with van der Waals surface area (Å²) in [5.74, 6) is -0.292. The third kappa shape index (κ3) is 5.05. The monoisotopic (exact) mass is 465 g/mol. The van der Waals surface area contributed by atoms with Crippen molar-refractivity contribution in [2.24, 2.45) is 0 Å². The van der Waals surface area contributed by atoms with Gasteiger partial charge in [-0.05, 0) is 61.9 Å². The normalized spacial score (nSPS) is 16.4. The molecule has 0 bridgehead atoms. The lowest BCUT2D eigenvalue weighted by atomic mass is 10.0. The lowest BCUT2D eigenvalue weighted by Gasteiger charge is -2.22. The van der Waals surface area contributed by atoms with Crippen molar-refractivity contribution in [3.05, 3.63) is 54.6 Å². The average Bonchev–Trinajstić information content (AvgIpc) is 3.26. The van der Waals surface area contributed by atoms with Gasteiger partial charge in [0.25, 0.3) is 0 Å². The molecule has 0 aliphatic carbocycles. The zero-order valence-corrected chi connectivity index (χ0v) is 19.1. The highest BCUT2D eigenvalue weighted by atomic mass is 32.2. The van der Waals surface area contributed by atoms with Crippen LogP contribution in [0.1, 0.15) is 19.3 Å². The Morgan fingerprint density at radius 1 is 1.18 bits per heavy atom. The zero-order chi connectivity index (χ0) is 22.6. The summed E-state index contributed by atoms with van der Waals surface area (Å²) in [6.07, 6.45) is 8.68. The molecular formula is C24H24FN5O2S. The predicted octanol–water partition coefficient (Wildman–Crippen LogP) is 4.96. The Labute approximate surface area is 195 Å². The molecule has 7 nitrogen and oxygen atoms in total. The number of pyridine rings is 1. The van der Waals surface area contributed by atoms with Crippen molar-refractivity contribution in [2.45, 2.75) is 37.3 Å². The maximum absolute atomic E-state index is 13.6. The van der Waals surface area contributed by atoms with Crippen LogP contribution in [0, 0.1) is 5.82 Å². The molecule has 0 radical (unpaired) electrons. The molecule has 3 aromatic heterocycles. The summed E-state index contributed by atoms with van der Waals surface area (Å²) < 4.78 is 26.9. The highest BCUT2D eigenvalue weighted by Gasteiger charge is 2.17. The first-order chi connectivity index (χ1) is 16.2. The summed E-state index contributed by atoms with van der Waals surface area (Å²) in [7, 11) is 0. The van der Waals surface area contributed by atoms with Crippen molar-refractivity contribution in [1.29, 1.82) is 0 Å². The second-order valence-electron chi connectivity index (χ2n) is 7.79. The van der Waals surface area contributed by atoms with Crippen LogP contribution in [0.25, 0.3) is 33.5 Å². The van der Waals surface area contributed by atoms with E-state index < -0.39 is 0 Å². The topological polar surface area (TPSA) is 75.0 Å². The zero-order valence-electron chi connectivity index (χ0n) is 18.3. The maximum atomic E-state index is 13.6. The Bertz CT molecular complexity index is 1240. The van der Waals surface area contributed by atoms with Gasteiger partial charge in [0.2, 0.25) is 0 Å². The Hall–Kier alpha value is -2.88. The summed E-state index contributed by atoms with van der Waals surface area (Å²) in [5, 5.41) is 6.22. The minimum Gasteiger partial charge on any atom is -0.353 e. The van der Waals surface area contributed by atoms with Crippen LogP contribution in [0.2, 0.25) is 0 Å². The SMILES string of the molecule is CSc1nccc(-c2cc3cn(CCOC4CCCCO4)nc3nc2-c2ccc(F)cc2)n1. The lowest BCUT2D eigenvalue weighted by Crippen LogP contribution is -2.24. The van der Waals surface area contributed by atoms with Gasteiger partial charge in [0.15, 0.2) is 17.1 Å². The highest BCUT2D eigenvalue weighted by Crippen LogP contribution is 2.32. The van der Waals surface area contributed by atoms with Crippen molar-refractivity contribution in [3.63, 3.8) is 0 Å². The fraction of sp³-hybridized carbons (Fsp3) is 0.333. The van der Waals surface area contributed by atoms with Gasteiger partial charge in [-0.2, -0.15) is 5.10 Å². The van der Waals surface area contributed by atoms with Crippen molar-refractivity contribution < 1.29 is 13.9 Å². The molecule has 1 unspecified atom stereocenters. The molecule has 4 aromatic rings. The summed E-state index contributed by atoms with van der Waals surface area (Å²) in [6, 6.07) is 10.2. The number of hydrogen-bond acceptors (Lipinski definition) is 7. The first kappa shape index (κ1) is 21.9. The lowest BCUT2D eigenvalue weighted by molar-refractivity contribution is -0.163. The van der Waals surface area contributed by atoms with E-state index in [4.69, 9.17) is 14.5 Å². The Morgan fingerprint density at radius 2 is 2.06 bits per heavy atom. The molecule has 1 fully saturated rings. The van der Waals surface area contributed by atoms with Crippen molar-refractivity contribution >= 4 is 22.8 Å². The fourth-order valence-electron chi connectivity index (χ4n) is 3.85. The van der Waals surface area contributed by atoms with Crippen molar-refractivity contribution in [3.8, 4) is 22.5 Å². The average molecular weight is 466 g/mol. The van der Waals surface area contributed by atoms with E-state index in [0.717, 1.165) is 48.1 Å². The predicted molar refractivity (Wildman–Crippen MR) is 125 cm³/mol. The second kappa shape index (κ2) is 9.94. The van der Waals surface area contributed by atoms with E-state index in [2.05, 4.69) is 15.1 Å². The highest BCUT2D eigenvalue weighted by molar-refractivity contribution is 7.98. The number of benzene rings is 1. The maximum Gasteiger partial charge on any atom is 0.187 e. The fourth-order valence-corrected chi connectivity index (χ4v) is 4.21. The molecule has 5 rings (SSSR count). The van der Waals surface area contributed by atoms with Crippen LogP contribution < -0.4 is 0 Å². The first-order valence-corrected chi connectivity index (χ1v) is 12.2. The van der Waals surface area contributed by atoms with Gasteiger partial charge in [-0.25, -0.2) is 19.3 Å². The number of fused-ring (bicyclic) bond motifs is 1. The quantitative estimate of drug-likeness (QED) is 0.282. The van der Waals surface area contributed by atoms with Gasteiger partial charge >= 0.3 is 0 Å². The third-order valence-corrected chi connectivity index (χ3v) is 6.08. The van der Waals surface area contributed by atoms with Crippen molar-refractivity contribution in [2.75, 3.05) is 19.5 Å². The van der Waals surface area contributed by atoms with E-state index in [1.165, 1.54) is 23.9 Å². The minimum absolute atomic E-state index is 0.123. The van der Waals surface area contributed by atoms with Crippen LogP contribution in [0.15, 0.2) is 53.9 Å². The second-order valence-corrected chi connectivity index (χ2v) is 8.57. The van der Waals surface area contributed by atoms with E-state index in [1.807, 2.05) is 29.3 Å². The molecular weight excluding hydrogens is 441 g/mol. The van der Waals surface area contributed by atoms with Gasteiger partial charge in [-0.15, -0.1) is 0 Å². The number of nitrogens with zero attached hydrogens (tertiary/aromatic N) is 5. The molecule has 0 spiro atoms. The molecule has 1 atom stereocenters. The number of hydrogen-bond donors (Lipinski definition) is 0. The Balaban J connectivity index is 1.48. The van der Waals surface area contributed by atoms with Crippen LogP contribution in [-0.4, -0.2) is 50.5 Å². The molecule has 1 aliphatic rings. The van der Waals surface area contributed by atoms with Crippen molar-refractivity contribution in [1.82, 2.24) is 24.7 Å². The van der Waals surface area contributed by atoms with Crippen LogP contribution in [0.5, 0.6) is 0 Å². The van der Waals surface area contributed by atoms with Gasteiger partial charge in [0.05, 0.1) is 24.5 Å². The van der Waals surface area contributed by atoms with Crippen LogP contribution in [-0.2, 0) is 16.0 Å². The van der Waals surface area contributed by atoms with Crippen LogP contribution in [0.3, 0.4) is 0 Å². The molecule has 1 aromatic carbocycles. The molecule has 4 heterocycles. The molecule has 0 amide bonds. The number of ether oxygens (including phenoxy) is 2. The van der Waals surface area contributed by atoms with Gasteiger partial charge in [0, 0.05) is 35.5 Å². The third-order valence-electron chi connectivity index (χ3n) is 5.51. The number of thioether (sulfide) groups is 1. The van der Waals surface area contributed by atoms with E-state index in [0.29, 0.717) is 29.6 Å². The van der Waals surface area contributed by atoms with E-state index in [1.54, 1.807) is 18.3 Å². The molecule has 9 heteroatoms. The minimum atomic E-state index is -0.292. The van der Waals surface area contributed by atoms with Gasteiger partial charge in [0.1, 0.15) is 5.82 Å². The summed E-state index contributed by atoms with van der Waals surface area (Å²) in [5.41, 5.74) is 3.72. The summed E-state index contributed by atoms with van der Waals surface area (Å²) >= 11 is 1.48. The van der Waals surface area contributed by atoms with E-state index >= 15 is 0 Å². The Kier molecular flexibility index (Phi) is 6.61.